The minimum Gasteiger partial charge on any atom is -0.274 e. The SMILES string of the molecule is O=C1C2CSCC2C(=O)N1c1cccc(Br)c1. The van der Waals surface area contributed by atoms with E-state index >= 15 is 0 Å². The number of carbonyl (C=O) groups is 2. The van der Waals surface area contributed by atoms with Gasteiger partial charge in [0.25, 0.3) is 0 Å². The minimum atomic E-state index is -0.105. The van der Waals surface area contributed by atoms with E-state index in [2.05, 4.69) is 15.9 Å². The maximum absolute atomic E-state index is 12.2. The number of imide groups is 1. The summed E-state index contributed by atoms with van der Waals surface area (Å²) < 4.78 is 0.877. The van der Waals surface area contributed by atoms with Gasteiger partial charge in [-0.25, -0.2) is 4.90 Å². The number of thioether (sulfide) groups is 1. The molecule has 2 fully saturated rings. The molecule has 3 rings (SSSR count). The molecule has 5 heteroatoms. The van der Waals surface area contributed by atoms with Gasteiger partial charge in [0.2, 0.25) is 11.8 Å². The molecule has 2 unspecified atom stereocenters. The first kappa shape index (κ1) is 11.3. The maximum atomic E-state index is 12.2. The number of carbonyl (C=O) groups excluding carboxylic acids is 2. The van der Waals surface area contributed by atoms with E-state index in [4.69, 9.17) is 0 Å². The molecule has 0 bridgehead atoms. The fourth-order valence-corrected chi connectivity index (χ4v) is 4.13. The van der Waals surface area contributed by atoms with Crippen molar-refractivity contribution in [1.82, 2.24) is 0 Å². The van der Waals surface area contributed by atoms with E-state index in [9.17, 15) is 9.59 Å². The van der Waals surface area contributed by atoms with Gasteiger partial charge in [-0.1, -0.05) is 22.0 Å². The highest BCUT2D eigenvalue weighted by atomic mass is 79.9. The van der Waals surface area contributed by atoms with E-state index in [1.54, 1.807) is 17.8 Å². The van der Waals surface area contributed by atoms with Crippen molar-refractivity contribution in [3.05, 3.63) is 28.7 Å². The van der Waals surface area contributed by atoms with Gasteiger partial charge in [-0.2, -0.15) is 11.8 Å². The molecule has 0 N–H and O–H groups in total. The summed E-state index contributed by atoms with van der Waals surface area (Å²) in [6.45, 7) is 0. The molecule has 88 valence electrons. The van der Waals surface area contributed by atoms with E-state index in [-0.39, 0.29) is 23.7 Å². The summed E-state index contributed by atoms with van der Waals surface area (Å²) in [5.41, 5.74) is 0.675. The Morgan fingerprint density at radius 2 is 1.82 bits per heavy atom. The van der Waals surface area contributed by atoms with Crippen molar-refractivity contribution in [2.75, 3.05) is 16.4 Å². The second kappa shape index (κ2) is 4.14. The van der Waals surface area contributed by atoms with Crippen LogP contribution in [0.1, 0.15) is 0 Å². The predicted molar refractivity (Wildman–Crippen MR) is 70.9 cm³/mol. The van der Waals surface area contributed by atoms with Crippen molar-refractivity contribution in [1.29, 1.82) is 0 Å². The Morgan fingerprint density at radius 1 is 1.18 bits per heavy atom. The first-order valence-electron chi connectivity index (χ1n) is 5.39. The predicted octanol–water partition coefficient (Wildman–Crippen LogP) is 2.30. The van der Waals surface area contributed by atoms with Gasteiger partial charge in [-0.3, -0.25) is 9.59 Å². The Bertz CT molecular complexity index is 483. The summed E-state index contributed by atoms with van der Waals surface area (Å²) in [5.74, 6) is 1.27. The van der Waals surface area contributed by atoms with Crippen LogP contribution in [-0.4, -0.2) is 23.3 Å². The van der Waals surface area contributed by atoms with Gasteiger partial charge in [-0.05, 0) is 18.2 Å². The van der Waals surface area contributed by atoms with E-state index in [1.165, 1.54) is 4.90 Å². The van der Waals surface area contributed by atoms with Crippen LogP contribution in [0.2, 0.25) is 0 Å². The van der Waals surface area contributed by atoms with Crippen LogP contribution >= 0.6 is 27.7 Å². The Kier molecular flexibility index (Phi) is 2.75. The average molecular weight is 312 g/mol. The van der Waals surface area contributed by atoms with Crippen molar-refractivity contribution in [2.24, 2.45) is 11.8 Å². The van der Waals surface area contributed by atoms with Crippen molar-refractivity contribution in [2.45, 2.75) is 0 Å². The molecule has 0 aliphatic carbocycles. The third-order valence-corrected chi connectivity index (χ3v) is 4.90. The molecule has 2 heterocycles. The number of amides is 2. The van der Waals surface area contributed by atoms with Crippen LogP contribution in [0.25, 0.3) is 0 Å². The third-order valence-electron chi connectivity index (χ3n) is 3.22. The standard InChI is InChI=1S/C12H10BrNO2S/c13-7-2-1-3-8(4-7)14-11(15)9-5-17-6-10(9)12(14)16/h1-4,9-10H,5-6H2. The van der Waals surface area contributed by atoms with Gasteiger partial charge in [-0.15, -0.1) is 0 Å². The van der Waals surface area contributed by atoms with Crippen LogP contribution in [0.4, 0.5) is 5.69 Å². The number of hydrogen-bond donors (Lipinski definition) is 0. The molecule has 17 heavy (non-hydrogen) atoms. The summed E-state index contributed by atoms with van der Waals surface area (Å²) in [6.07, 6.45) is 0. The molecule has 2 aliphatic rings. The number of anilines is 1. The number of benzene rings is 1. The van der Waals surface area contributed by atoms with E-state index in [0.717, 1.165) is 16.0 Å². The van der Waals surface area contributed by atoms with Crippen LogP contribution in [0.15, 0.2) is 28.7 Å². The van der Waals surface area contributed by atoms with Crippen LogP contribution in [0, 0.1) is 11.8 Å². The van der Waals surface area contributed by atoms with E-state index in [0.29, 0.717) is 5.69 Å². The minimum absolute atomic E-state index is 0.0388. The quantitative estimate of drug-likeness (QED) is 0.747. The summed E-state index contributed by atoms with van der Waals surface area (Å²) in [7, 11) is 0. The van der Waals surface area contributed by atoms with Gasteiger partial charge < -0.3 is 0 Å². The zero-order valence-electron chi connectivity index (χ0n) is 8.93. The molecule has 0 saturated carbocycles. The Morgan fingerprint density at radius 3 is 2.41 bits per heavy atom. The molecule has 2 aliphatic heterocycles. The molecule has 0 spiro atoms. The largest absolute Gasteiger partial charge is 0.274 e. The Labute approximate surface area is 112 Å². The van der Waals surface area contributed by atoms with Gasteiger partial charge in [0, 0.05) is 16.0 Å². The molecule has 1 aromatic rings. The first-order chi connectivity index (χ1) is 8.18. The lowest BCUT2D eigenvalue weighted by Crippen LogP contribution is -2.31. The lowest BCUT2D eigenvalue weighted by molar-refractivity contribution is -0.122. The number of fused-ring (bicyclic) bond motifs is 1. The monoisotopic (exact) mass is 311 g/mol. The zero-order valence-corrected chi connectivity index (χ0v) is 11.3. The molecule has 3 nitrogen and oxygen atoms in total. The average Bonchev–Trinajstić information content (AvgIpc) is 2.84. The van der Waals surface area contributed by atoms with Crippen LogP contribution in [-0.2, 0) is 9.59 Å². The number of rotatable bonds is 1. The second-order valence-electron chi connectivity index (χ2n) is 4.24. The fraction of sp³-hybridized carbons (Fsp3) is 0.333. The summed E-state index contributed by atoms with van der Waals surface area (Å²) in [4.78, 5) is 25.7. The fourth-order valence-electron chi connectivity index (χ4n) is 2.35. The zero-order chi connectivity index (χ0) is 12.0. The van der Waals surface area contributed by atoms with Crippen LogP contribution < -0.4 is 4.90 Å². The Hall–Kier alpha value is -0.810. The summed E-state index contributed by atoms with van der Waals surface area (Å²) in [5, 5.41) is 0. The van der Waals surface area contributed by atoms with Crippen molar-refractivity contribution in [3.8, 4) is 0 Å². The number of nitrogens with zero attached hydrogens (tertiary/aromatic N) is 1. The van der Waals surface area contributed by atoms with Crippen molar-refractivity contribution >= 4 is 45.2 Å². The van der Waals surface area contributed by atoms with E-state index < -0.39 is 0 Å². The second-order valence-corrected chi connectivity index (χ2v) is 6.23. The number of hydrogen-bond acceptors (Lipinski definition) is 3. The van der Waals surface area contributed by atoms with Gasteiger partial charge >= 0.3 is 0 Å². The van der Waals surface area contributed by atoms with E-state index in [1.807, 2.05) is 18.2 Å². The molecule has 2 atom stereocenters. The first-order valence-corrected chi connectivity index (χ1v) is 7.34. The molecule has 0 aromatic heterocycles. The maximum Gasteiger partial charge on any atom is 0.238 e. The van der Waals surface area contributed by atoms with Gasteiger partial charge in [0.15, 0.2) is 0 Å². The Balaban J connectivity index is 1.99. The van der Waals surface area contributed by atoms with Crippen molar-refractivity contribution < 1.29 is 9.59 Å². The highest BCUT2D eigenvalue weighted by Crippen LogP contribution is 2.40. The topological polar surface area (TPSA) is 37.4 Å². The lowest BCUT2D eigenvalue weighted by atomic mass is 10.00. The van der Waals surface area contributed by atoms with Crippen LogP contribution in [0.5, 0.6) is 0 Å². The third kappa shape index (κ3) is 1.72. The van der Waals surface area contributed by atoms with Gasteiger partial charge in [0.1, 0.15) is 0 Å². The summed E-state index contributed by atoms with van der Waals surface area (Å²) >= 11 is 5.05. The molecular formula is C12H10BrNO2S. The van der Waals surface area contributed by atoms with Gasteiger partial charge in [0.05, 0.1) is 17.5 Å². The highest BCUT2D eigenvalue weighted by molar-refractivity contribution is 9.10. The molecule has 0 radical (unpaired) electrons. The normalized spacial score (nSPS) is 27.7. The smallest absolute Gasteiger partial charge is 0.238 e. The lowest BCUT2D eigenvalue weighted by Gasteiger charge is -2.15. The highest BCUT2D eigenvalue weighted by Gasteiger charge is 2.50. The van der Waals surface area contributed by atoms with Crippen LogP contribution in [0.3, 0.4) is 0 Å². The summed E-state index contributed by atoms with van der Waals surface area (Å²) in [6, 6.07) is 7.33. The molecule has 2 amide bonds. The van der Waals surface area contributed by atoms with Crippen molar-refractivity contribution in [3.63, 3.8) is 0 Å². The number of halogens is 1. The molecule has 2 saturated heterocycles. The molecular weight excluding hydrogens is 302 g/mol. The molecule has 1 aromatic carbocycles.